The van der Waals surface area contributed by atoms with Crippen LogP contribution in [0.25, 0.3) is 11.0 Å². The number of imidazole rings is 1. The fourth-order valence-electron chi connectivity index (χ4n) is 3.80. The number of aromatic nitrogens is 2. The third kappa shape index (κ3) is 5.02. The van der Waals surface area contributed by atoms with E-state index in [1.165, 1.54) is 0 Å². The molecule has 0 aliphatic rings. The van der Waals surface area contributed by atoms with Crippen molar-refractivity contribution in [3.63, 3.8) is 0 Å². The zero-order valence-corrected chi connectivity index (χ0v) is 19.7. The molecule has 0 saturated carbocycles. The molecule has 0 bridgehead atoms. The molecule has 4 rings (SSSR count). The van der Waals surface area contributed by atoms with Gasteiger partial charge in [-0.1, -0.05) is 30.3 Å². The number of nitrogens with zero attached hydrogens (tertiary/aromatic N) is 2. The molecule has 3 aromatic carbocycles. The zero-order chi connectivity index (χ0) is 23.4. The van der Waals surface area contributed by atoms with Crippen LogP contribution < -0.4 is 14.2 Å². The van der Waals surface area contributed by atoms with E-state index in [4.69, 9.17) is 9.47 Å². The standard InChI is InChI=1S/C25H27N3O4S/c1-18-27-22-6-4-5-7-23(22)28(18)17-20-8-11-21(12-9-20)33(29,30)26-15-14-19-10-13-24(31-2)25(16-19)32-3/h4-13,16,26H,14-15,17H2,1-3H3. The molecule has 0 atom stereocenters. The first-order valence-corrected chi connectivity index (χ1v) is 12.1. The van der Waals surface area contributed by atoms with Crippen molar-refractivity contribution in [3.8, 4) is 11.5 Å². The molecular weight excluding hydrogens is 438 g/mol. The number of benzene rings is 3. The average Bonchev–Trinajstić information content (AvgIpc) is 3.14. The number of aryl methyl sites for hydroxylation is 1. The van der Waals surface area contributed by atoms with Crippen molar-refractivity contribution >= 4 is 21.1 Å². The summed E-state index contributed by atoms with van der Waals surface area (Å²) in [5, 5.41) is 0. The first-order valence-electron chi connectivity index (χ1n) is 10.6. The van der Waals surface area contributed by atoms with Crippen molar-refractivity contribution in [3.05, 3.63) is 83.7 Å². The summed E-state index contributed by atoms with van der Waals surface area (Å²) in [5.74, 6) is 2.18. The first kappa shape index (κ1) is 22.8. The number of fused-ring (bicyclic) bond motifs is 1. The highest BCUT2D eigenvalue weighted by molar-refractivity contribution is 7.89. The number of nitrogens with one attached hydrogen (secondary N) is 1. The van der Waals surface area contributed by atoms with Crippen molar-refractivity contribution < 1.29 is 17.9 Å². The lowest BCUT2D eigenvalue weighted by atomic mass is 10.1. The zero-order valence-electron chi connectivity index (χ0n) is 18.9. The predicted molar refractivity (Wildman–Crippen MR) is 128 cm³/mol. The smallest absolute Gasteiger partial charge is 0.240 e. The van der Waals surface area contributed by atoms with Crippen LogP contribution in [0.3, 0.4) is 0 Å². The maximum Gasteiger partial charge on any atom is 0.240 e. The second-order valence-electron chi connectivity index (χ2n) is 7.71. The molecular formula is C25H27N3O4S. The molecule has 0 spiro atoms. The lowest BCUT2D eigenvalue weighted by Gasteiger charge is -2.11. The van der Waals surface area contributed by atoms with Gasteiger partial charge in [0.2, 0.25) is 10.0 Å². The maximum atomic E-state index is 12.7. The average molecular weight is 466 g/mol. The van der Waals surface area contributed by atoms with Gasteiger partial charge in [-0.3, -0.25) is 0 Å². The van der Waals surface area contributed by atoms with Gasteiger partial charge >= 0.3 is 0 Å². The molecule has 4 aromatic rings. The molecule has 1 heterocycles. The van der Waals surface area contributed by atoms with Crippen LogP contribution in [0.4, 0.5) is 0 Å². The van der Waals surface area contributed by atoms with Crippen molar-refractivity contribution in [2.45, 2.75) is 24.8 Å². The first-order chi connectivity index (χ1) is 15.9. The molecule has 1 N–H and O–H groups in total. The fourth-order valence-corrected chi connectivity index (χ4v) is 4.83. The summed E-state index contributed by atoms with van der Waals surface area (Å²) < 4.78 is 40.8. The third-order valence-electron chi connectivity index (χ3n) is 5.57. The van der Waals surface area contributed by atoms with E-state index in [1.807, 2.05) is 61.5 Å². The van der Waals surface area contributed by atoms with Gasteiger partial charge in [0.1, 0.15) is 5.82 Å². The minimum Gasteiger partial charge on any atom is -0.493 e. The van der Waals surface area contributed by atoms with Gasteiger partial charge in [0, 0.05) is 13.1 Å². The largest absolute Gasteiger partial charge is 0.493 e. The van der Waals surface area contributed by atoms with E-state index in [-0.39, 0.29) is 11.4 Å². The van der Waals surface area contributed by atoms with Gasteiger partial charge in [-0.05, 0) is 60.9 Å². The fraction of sp³-hybridized carbons (Fsp3) is 0.240. The number of methoxy groups -OCH3 is 2. The Hall–Kier alpha value is -3.36. The van der Waals surface area contributed by atoms with E-state index in [0.717, 1.165) is 28.0 Å². The quantitative estimate of drug-likeness (QED) is 0.405. The van der Waals surface area contributed by atoms with Gasteiger partial charge in [0.15, 0.2) is 11.5 Å². The predicted octanol–water partition coefficient (Wildman–Crippen LogP) is 3.93. The lowest BCUT2D eigenvalue weighted by Crippen LogP contribution is -2.26. The Morgan fingerprint density at radius 2 is 1.61 bits per heavy atom. The Morgan fingerprint density at radius 1 is 0.909 bits per heavy atom. The molecule has 1 aromatic heterocycles. The molecule has 0 fully saturated rings. The Kier molecular flexibility index (Phi) is 6.67. The normalized spacial score (nSPS) is 11.6. The van der Waals surface area contributed by atoms with Gasteiger partial charge in [-0.25, -0.2) is 18.1 Å². The highest BCUT2D eigenvalue weighted by atomic mass is 32.2. The second-order valence-corrected chi connectivity index (χ2v) is 9.48. The van der Waals surface area contributed by atoms with Crippen LogP contribution in [0.1, 0.15) is 17.0 Å². The van der Waals surface area contributed by atoms with Crippen molar-refractivity contribution in [2.75, 3.05) is 20.8 Å². The summed E-state index contributed by atoms with van der Waals surface area (Å²) in [7, 11) is -0.453. The van der Waals surface area contributed by atoms with Crippen LogP contribution in [-0.2, 0) is 23.0 Å². The van der Waals surface area contributed by atoms with Crippen molar-refractivity contribution in [1.82, 2.24) is 14.3 Å². The topological polar surface area (TPSA) is 82.5 Å². The summed E-state index contributed by atoms with van der Waals surface area (Å²) in [6.07, 6.45) is 0.532. The Morgan fingerprint density at radius 3 is 2.33 bits per heavy atom. The summed E-state index contributed by atoms with van der Waals surface area (Å²) >= 11 is 0. The molecule has 0 aliphatic carbocycles. The van der Waals surface area contributed by atoms with E-state index in [2.05, 4.69) is 14.3 Å². The summed E-state index contributed by atoms with van der Waals surface area (Å²) in [6.45, 7) is 2.88. The molecule has 7 nitrogen and oxygen atoms in total. The second kappa shape index (κ2) is 9.64. The van der Waals surface area contributed by atoms with E-state index < -0.39 is 10.0 Å². The van der Waals surface area contributed by atoms with Crippen LogP contribution in [0.2, 0.25) is 0 Å². The van der Waals surface area contributed by atoms with Crippen LogP contribution in [0, 0.1) is 6.92 Å². The van der Waals surface area contributed by atoms with Gasteiger partial charge in [0.05, 0.1) is 30.1 Å². The van der Waals surface area contributed by atoms with Crippen LogP contribution >= 0.6 is 0 Å². The highest BCUT2D eigenvalue weighted by Gasteiger charge is 2.14. The Labute approximate surface area is 194 Å². The van der Waals surface area contributed by atoms with Crippen LogP contribution in [-0.4, -0.2) is 38.7 Å². The minimum absolute atomic E-state index is 0.241. The molecule has 0 radical (unpaired) electrons. The van der Waals surface area contributed by atoms with E-state index in [1.54, 1.807) is 26.4 Å². The molecule has 8 heteroatoms. The molecule has 172 valence electrons. The maximum absolute atomic E-state index is 12.7. The molecule has 0 saturated heterocycles. The highest BCUT2D eigenvalue weighted by Crippen LogP contribution is 2.27. The van der Waals surface area contributed by atoms with E-state index in [9.17, 15) is 8.42 Å². The number of rotatable bonds is 9. The van der Waals surface area contributed by atoms with Crippen LogP contribution in [0.5, 0.6) is 11.5 Å². The monoisotopic (exact) mass is 465 g/mol. The minimum atomic E-state index is -3.61. The Bertz CT molecular complexity index is 1360. The number of para-hydroxylation sites is 2. The van der Waals surface area contributed by atoms with Gasteiger partial charge < -0.3 is 14.0 Å². The number of hydrogen-bond donors (Lipinski definition) is 1. The van der Waals surface area contributed by atoms with E-state index >= 15 is 0 Å². The van der Waals surface area contributed by atoms with Crippen LogP contribution in [0.15, 0.2) is 71.6 Å². The molecule has 0 amide bonds. The van der Waals surface area contributed by atoms with Crippen molar-refractivity contribution in [1.29, 1.82) is 0 Å². The van der Waals surface area contributed by atoms with Gasteiger partial charge in [-0.2, -0.15) is 0 Å². The molecule has 33 heavy (non-hydrogen) atoms. The van der Waals surface area contributed by atoms with Gasteiger partial charge in [-0.15, -0.1) is 0 Å². The van der Waals surface area contributed by atoms with Crippen molar-refractivity contribution in [2.24, 2.45) is 0 Å². The summed E-state index contributed by atoms with van der Waals surface area (Å²) in [6, 6.07) is 20.5. The summed E-state index contributed by atoms with van der Waals surface area (Å²) in [4.78, 5) is 4.83. The SMILES string of the molecule is COc1ccc(CCNS(=O)(=O)c2ccc(Cn3c(C)nc4ccccc43)cc2)cc1OC. The summed E-state index contributed by atoms with van der Waals surface area (Å²) in [5.41, 5.74) is 3.97. The number of sulfonamides is 1. The number of ether oxygens (including phenoxy) is 2. The van der Waals surface area contributed by atoms with Gasteiger partial charge in [0.25, 0.3) is 0 Å². The third-order valence-corrected chi connectivity index (χ3v) is 7.05. The van der Waals surface area contributed by atoms with E-state index in [0.29, 0.717) is 24.5 Å². The molecule has 0 unspecified atom stereocenters. The number of hydrogen-bond acceptors (Lipinski definition) is 5. The Balaban J connectivity index is 1.41. The lowest BCUT2D eigenvalue weighted by molar-refractivity contribution is 0.354. The molecule has 0 aliphatic heterocycles.